The fourth-order valence-electron chi connectivity index (χ4n) is 2.82. The normalized spacial score (nSPS) is 10.8. The van der Waals surface area contributed by atoms with Crippen molar-refractivity contribution in [1.82, 2.24) is 0 Å². The first-order valence-corrected chi connectivity index (χ1v) is 8.49. The Balaban J connectivity index is 1.83. The molecule has 3 aromatic rings. The minimum atomic E-state index is -1.19. The van der Waals surface area contributed by atoms with Gasteiger partial charge in [-0.1, -0.05) is 36.4 Å². The fourth-order valence-corrected chi connectivity index (χ4v) is 2.82. The maximum Gasteiger partial charge on any atom is 0.337 e. The molecule has 1 amide bonds. The van der Waals surface area contributed by atoms with Crippen molar-refractivity contribution in [2.45, 2.75) is 0 Å². The molecule has 0 saturated carbocycles. The Morgan fingerprint density at radius 2 is 1.61 bits per heavy atom. The molecule has 0 aliphatic carbocycles. The molecule has 0 heterocycles. The molecule has 0 unspecified atom stereocenters. The maximum absolute atomic E-state index is 12.3. The molecule has 142 valence electrons. The Bertz CT molecular complexity index is 1070. The predicted molar refractivity (Wildman–Crippen MR) is 108 cm³/mol. The molecule has 0 fully saturated rings. The lowest BCUT2D eigenvalue weighted by Gasteiger charge is -2.13. The summed E-state index contributed by atoms with van der Waals surface area (Å²) < 4.78 is 10.3. The molecule has 0 spiro atoms. The molecule has 0 aliphatic rings. The molecule has 3 aromatic carbocycles. The van der Waals surface area contributed by atoms with Crippen LogP contribution < -0.4 is 14.8 Å². The van der Waals surface area contributed by atoms with Gasteiger partial charge in [-0.3, -0.25) is 4.79 Å². The number of aromatic carboxylic acids is 1. The van der Waals surface area contributed by atoms with Crippen LogP contribution in [-0.4, -0.2) is 31.2 Å². The highest BCUT2D eigenvalue weighted by molar-refractivity contribution is 6.06. The first kappa shape index (κ1) is 19.0. The molecule has 0 atom stereocenters. The van der Waals surface area contributed by atoms with Crippen LogP contribution in [0.25, 0.3) is 16.8 Å². The van der Waals surface area contributed by atoms with E-state index in [1.54, 1.807) is 6.08 Å². The number of amides is 1. The second kappa shape index (κ2) is 8.26. The summed E-state index contributed by atoms with van der Waals surface area (Å²) in [4.78, 5) is 23.8. The monoisotopic (exact) mass is 377 g/mol. The third-order valence-electron chi connectivity index (χ3n) is 4.21. The smallest absolute Gasteiger partial charge is 0.337 e. The van der Waals surface area contributed by atoms with Crippen LogP contribution in [0, 0.1) is 0 Å². The van der Waals surface area contributed by atoms with Gasteiger partial charge in [-0.2, -0.15) is 0 Å². The molecule has 2 N–H and O–H groups in total. The molecule has 6 nitrogen and oxygen atoms in total. The van der Waals surface area contributed by atoms with Gasteiger partial charge in [-0.15, -0.1) is 0 Å². The van der Waals surface area contributed by atoms with Crippen LogP contribution in [0.1, 0.15) is 15.9 Å². The van der Waals surface area contributed by atoms with Crippen LogP contribution in [0.4, 0.5) is 5.69 Å². The van der Waals surface area contributed by atoms with Gasteiger partial charge in [0.25, 0.3) is 0 Å². The van der Waals surface area contributed by atoms with E-state index in [1.807, 2.05) is 42.5 Å². The number of anilines is 1. The van der Waals surface area contributed by atoms with Crippen molar-refractivity contribution in [1.29, 1.82) is 0 Å². The van der Waals surface area contributed by atoms with E-state index in [-0.39, 0.29) is 17.0 Å². The summed E-state index contributed by atoms with van der Waals surface area (Å²) in [7, 11) is 2.84. The van der Waals surface area contributed by atoms with Crippen molar-refractivity contribution in [3.05, 3.63) is 71.8 Å². The van der Waals surface area contributed by atoms with E-state index in [0.717, 1.165) is 16.3 Å². The van der Waals surface area contributed by atoms with Crippen LogP contribution in [0.5, 0.6) is 11.5 Å². The van der Waals surface area contributed by atoms with Crippen molar-refractivity contribution in [3.63, 3.8) is 0 Å². The van der Waals surface area contributed by atoms with Gasteiger partial charge in [0.05, 0.1) is 25.5 Å². The number of benzene rings is 3. The first-order valence-electron chi connectivity index (χ1n) is 8.49. The molecule has 0 aromatic heterocycles. The minimum absolute atomic E-state index is 0.0925. The maximum atomic E-state index is 12.3. The van der Waals surface area contributed by atoms with Gasteiger partial charge in [0.2, 0.25) is 5.91 Å². The molecule has 0 aliphatic heterocycles. The van der Waals surface area contributed by atoms with E-state index in [1.165, 1.54) is 32.4 Å². The highest BCUT2D eigenvalue weighted by Crippen LogP contribution is 2.33. The Morgan fingerprint density at radius 1 is 0.929 bits per heavy atom. The van der Waals surface area contributed by atoms with E-state index in [4.69, 9.17) is 9.47 Å². The number of carboxylic acid groups (broad SMARTS) is 1. The number of hydrogen-bond acceptors (Lipinski definition) is 4. The van der Waals surface area contributed by atoms with Crippen molar-refractivity contribution in [3.8, 4) is 11.5 Å². The zero-order valence-electron chi connectivity index (χ0n) is 15.4. The van der Waals surface area contributed by atoms with E-state index >= 15 is 0 Å². The quantitative estimate of drug-likeness (QED) is 0.629. The summed E-state index contributed by atoms with van der Waals surface area (Å²) in [6.07, 6.45) is 3.02. The van der Waals surface area contributed by atoms with Crippen LogP contribution >= 0.6 is 0 Å². The van der Waals surface area contributed by atoms with Crippen molar-refractivity contribution >= 4 is 34.4 Å². The number of nitrogens with one attached hydrogen (secondary N) is 1. The Labute approximate surface area is 162 Å². The predicted octanol–water partition coefficient (Wildman–Crippen LogP) is 4.21. The minimum Gasteiger partial charge on any atom is -0.493 e. The second-order valence-electron chi connectivity index (χ2n) is 5.99. The van der Waals surface area contributed by atoms with Crippen molar-refractivity contribution in [2.24, 2.45) is 0 Å². The second-order valence-corrected chi connectivity index (χ2v) is 5.99. The lowest BCUT2D eigenvalue weighted by Crippen LogP contribution is -2.12. The standard InChI is InChI=1S/C22H19NO5/c1-27-19-12-17(22(25)26)18(13-20(19)28-2)23-21(24)10-8-14-7-9-15-5-3-4-6-16(15)11-14/h3-13H,1-2H3,(H,23,24)(H,25,26). The fraction of sp³-hybridized carbons (Fsp3) is 0.0909. The average molecular weight is 377 g/mol. The van der Waals surface area contributed by atoms with Gasteiger partial charge in [-0.05, 0) is 28.5 Å². The summed E-state index contributed by atoms with van der Waals surface area (Å²) in [5, 5.41) is 14.2. The molecular formula is C22H19NO5. The van der Waals surface area contributed by atoms with Crippen LogP contribution in [0.3, 0.4) is 0 Å². The number of carbonyl (C=O) groups is 2. The molecule has 0 radical (unpaired) electrons. The third kappa shape index (κ3) is 4.12. The summed E-state index contributed by atoms with van der Waals surface area (Å²) >= 11 is 0. The molecular weight excluding hydrogens is 358 g/mol. The number of rotatable bonds is 6. The van der Waals surface area contributed by atoms with Crippen LogP contribution in [-0.2, 0) is 4.79 Å². The van der Waals surface area contributed by atoms with Crippen molar-refractivity contribution in [2.75, 3.05) is 19.5 Å². The lowest BCUT2D eigenvalue weighted by molar-refractivity contribution is -0.111. The Morgan fingerprint density at radius 3 is 2.29 bits per heavy atom. The Kier molecular flexibility index (Phi) is 5.60. The van der Waals surface area contributed by atoms with E-state index in [0.29, 0.717) is 5.75 Å². The van der Waals surface area contributed by atoms with Crippen LogP contribution in [0.15, 0.2) is 60.7 Å². The summed E-state index contributed by atoms with van der Waals surface area (Å²) in [5.41, 5.74) is 0.892. The number of ether oxygens (including phenoxy) is 2. The average Bonchev–Trinajstić information content (AvgIpc) is 2.71. The molecule has 0 saturated heterocycles. The van der Waals surface area contributed by atoms with E-state index in [2.05, 4.69) is 5.32 Å². The van der Waals surface area contributed by atoms with Gasteiger partial charge >= 0.3 is 5.97 Å². The first-order chi connectivity index (χ1) is 13.5. The summed E-state index contributed by atoms with van der Waals surface area (Å²) in [5.74, 6) is -1.05. The molecule has 3 rings (SSSR count). The van der Waals surface area contributed by atoms with Gasteiger partial charge in [0.1, 0.15) is 0 Å². The third-order valence-corrected chi connectivity index (χ3v) is 4.21. The Hall–Kier alpha value is -3.80. The van der Waals surface area contributed by atoms with E-state index in [9.17, 15) is 14.7 Å². The molecule has 28 heavy (non-hydrogen) atoms. The molecule has 0 bridgehead atoms. The number of carboxylic acids is 1. The largest absolute Gasteiger partial charge is 0.493 e. The van der Waals surface area contributed by atoms with Gasteiger partial charge in [0.15, 0.2) is 11.5 Å². The number of methoxy groups -OCH3 is 2. The zero-order valence-corrected chi connectivity index (χ0v) is 15.4. The zero-order chi connectivity index (χ0) is 20.1. The van der Waals surface area contributed by atoms with Crippen molar-refractivity contribution < 1.29 is 24.2 Å². The topological polar surface area (TPSA) is 84.9 Å². The van der Waals surface area contributed by atoms with Gasteiger partial charge in [0, 0.05) is 18.2 Å². The summed E-state index contributed by atoms with van der Waals surface area (Å²) in [6.45, 7) is 0. The number of carbonyl (C=O) groups excluding carboxylic acids is 1. The van der Waals surface area contributed by atoms with Crippen LogP contribution in [0.2, 0.25) is 0 Å². The SMILES string of the molecule is COc1cc(NC(=O)C=Cc2ccc3ccccc3c2)c(C(=O)O)cc1OC. The molecule has 6 heteroatoms. The lowest BCUT2D eigenvalue weighted by atomic mass is 10.1. The highest BCUT2D eigenvalue weighted by Gasteiger charge is 2.17. The highest BCUT2D eigenvalue weighted by atomic mass is 16.5. The van der Waals surface area contributed by atoms with Gasteiger partial charge in [-0.25, -0.2) is 4.79 Å². The van der Waals surface area contributed by atoms with E-state index < -0.39 is 11.9 Å². The number of fused-ring (bicyclic) bond motifs is 1. The van der Waals surface area contributed by atoms with Gasteiger partial charge < -0.3 is 19.9 Å². The summed E-state index contributed by atoms with van der Waals surface area (Å²) in [6, 6.07) is 16.5. The number of hydrogen-bond donors (Lipinski definition) is 2.